The molecule has 28 heavy (non-hydrogen) atoms. The zero-order valence-corrected chi connectivity index (χ0v) is 17.2. The highest BCUT2D eigenvalue weighted by atomic mass is 32.1. The van der Waals surface area contributed by atoms with Crippen LogP contribution in [-0.4, -0.2) is 28.1 Å². The molecule has 0 aliphatic carbocycles. The molecule has 2 aromatic rings. The first-order valence-electron chi connectivity index (χ1n) is 9.18. The number of nitrogens with zero attached hydrogens (tertiary/aromatic N) is 2. The average molecular weight is 398 g/mol. The predicted octanol–water partition coefficient (Wildman–Crippen LogP) is 3.35. The number of aryl methyl sites for hydroxylation is 1. The first kappa shape index (κ1) is 19.8. The summed E-state index contributed by atoms with van der Waals surface area (Å²) >= 11 is 5.26. The monoisotopic (exact) mass is 397 g/mol. The van der Waals surface area contributed by atoms with Gasteiger partial charge in [-0.3, -0.25) is 19.8 Å². The number of carbonyl (C=O) groups excluding carboxylic acids is 2. The molecular weight excluding hydrogens is 374 g/mol. The van der Waals surface area contributed by atoms with E-state index < -0.39 is 11.8 Å². The van der Waals surface area contributed by atoms with E-state index in [0.29, 0.717) is 18.0 Å². The highest BCUT2D eigenvalue weighted by Gasteiger charge is 2.34. The van der Waals surface area contributed by atoms with Gasteiger partial charge >= 0.3 is 0 Å². The lowest BCUT2D eigenvalue weighted by Crippen LogP contribution is -2.54. The van der Waals surface area contributed by atoms with Gasteiger partial charge in [0.2, 0.25) is 0 Å². The van der Waals surface area contributed by atoms with Crippen LogP contribution in [0.15, 0.2) is 35.9 Å². The zero-order valence-electron chi connectivity index (χ0n) is 16.4. The Hall–Kier alpha value is -2.93. The van der Waals surface area contributed by atoms with Gasteiger partial charge in [-0.25, -0.2) is 0 Å². The molecule has 6 nitrogen and oxygen atoms in total. The maximum absolute atomic E-state index is 13.2. The van der Waals surface area contributed by atoms with Crippen LogP contribution >= 0.6 is 12.2 Å². The lowest BCUT2D eigenvalue weighted by molar-refractivity contribution is -0.122. The highest BCUT2D eigenvalue weighted by Crippen LogP contribution is 2.26. The Kier molecular flexibility index (Phi) is 5.65. The van der Waals surface area contributed by atoms with Crippen LogP contribution in [0.2, 0.25) is 0 Å². The minimum atomic E-state index is -0.492. The molecule has 1 aliphatic heterocycles. The predicted molar refractivity (Wildman–Crippen MR) is 113 cm³/mol. The van der Waals surface area contributed by atoms with Crippen LogP contribution in [0, 0.1) is 13.8 Å². The van der Waals surface area contributed by atoms with Crippen molar-refractivity contribution >= 4 is 40.9 Å². The maximum Gasteiger partial charge on any atom is 0.270 e. The van der Waals surface area contributed by atoms with Gasteiger partial charge in [0.15, 0.2) is 5.11 Å². The van der Waals surface area contributed by atoms with Crippen molar-refractivity contribution in [3.63, 3.8) is 0 Å². The van der Waals surface area contributed by atoms with Gasteiger partial charge < -0.3 is 9.30 Å². The van der Waals surface area contributed by atoms with E-state index in [1.165, 1.54) is 4.90 Å². The minimum absolute atomic E-state index is 0.0479. The Bertz CT molecular complexity index is 991. The number of ether oxygens (including phenoxy) is 1. The molecule has 2 heterocycles. The summed E-state index contributed by atoms with van der Waals surface area (Å²) in [5.74, 6) is -0.318. The summed E-state index contributed by atoms with van der Waals surface area (Å²) in [6.45, 7) is 9.25. The fraction of sp³-hybridized carbons (Fsp3) is 0.286. The van der Waals surface area contributed by atoms with Gasteiger partial charge in [-0.05, 0) is 69.8 Å². The van der Waals surface area contributed by atoms with Crippen LogP contribution in [0.5, 0.6) is 5.75 Å². The topological polar surface area (TPSA) is 63.6 Å². The van der Waals surface area contributed by atoms with E-state index in [2.05, 4.69) is 16.8 Å². The van der Waals surface area contributed by atoms with E-state index in [0.717, 1.165) is 23.5 Å². The van der Waals surface area contributed by atoms with Crippen molar-refractivity contribution < 1.29 is 14.3 Å². The minimum Gasteiger partial charge on any atom is -0.494 e. The number of anilines is 1. The van der Waals surface area contributed by atoms with Crippen molar-refractivity contribution in [2.75, 3.05) is 11.5 Å². The Morgan fingerprint density at radius 2 is 1.93 bits per heavy atom. The zero-order chi connectivity index (χ0) is 20.4. The fourth-order valence-electron chi connectivity index (χ4n) is 3.39. The van der Waals surface area contributed by atoms with Crippen molar-refractivity contribution in [2.45, 2.75) is 34.2 Å². The number of nitrogens with one attached hydrogen (secondary N) is 1. The summed E-state index contributed by atoms with van der Waals surface area (Å²) < 4.78 is 7.64. The van der Waals surface area contributed by atoms with Crippen molar-refractivity contribution in [2.24, 2.45) is 0 Å². The largest absolute Gasteiger partial charge is 0.494 e. The first-order chi connectivity index (χ1) is 13.4. The van der Waals surface area contributed by atoms with Crippen molar-refractivity contribution in [1.29, 1.82) is 0 Å². The molecule has 1 saturated heterocycles. The third kappa shape index (κ3) is 3.57. The van der Waals surface area contributed by atoms with E-state index in [1.54, 1.807) is 30.3 Å². The number of amides is 2. The van der Waals surface area contributed by atoms with Crippen LogP contribution in [0.25, 0.3) is 6.08 Å². The summed E-state index contributed by atoms with van der Waals surface area (Å²) in [6.07, 6.45) is 1.63. The second kappa shape index (κ2) is 7.98. The Labute approximate surface area is 169 Å². The smallest absolute Gasteiger partial charge is 0.270 e. The number of hydrogen-bond acceptors (Lipinski definition) is 4. The first-order valence-corrected chi connectivity index (χ1v) is 9.59. The highest BCUT2D eigenvalue weighted by molar-refractivity contribution is 7.80. The maximum atomic E-state index is 13.2. The van der Waals surface area contributed by atoms with Gasteiger partial charge in [0.1, 0.15) is 11.3 Å². The summed E-state index contributed by atoms with van der Waals surface area (Å²) in [5, 5.41) is 2.67. The molecule has 0 spiro atoms. The molecule has 0 saturated carbocycles. The molecule has 2 amide bonds. The summed E-state index contributed by atoms with van der Waals surface area (Å²) in [5.41, 5.74) is 3.52. The lowest BCUT2D eigenvalue weighted by atomic mass is 10.1. The van der Waals surface area contributed by atoms with Crippen molar-refractivity contribution in [1.82, 2.24) is 9.88 Å². The normalized spacial score (nSPS) is 15.9. The Morgan fingerprint density at radius 3 is 2.57 bits per heavy atom. The standard InChI is InChI=1S/C21H23N3O3S/c1-5-23-13(3)10-15(14(23)4)11-18-19(25)22-21(28)24(20(18)26)16-8-7-9-17(12-16)27-6-2/h7-12H,5-6H2,1-4H3,(H,22,25,28)/b18-11+. The lowest BCUT2D eigenvalue weighted by Gasteiger charge is -2.29. The molecule has 7 heteroatoms. The van der Waals surface area contributed by atoms with Crippen molar-refractivity contribution in [3.05, 3.63) is 52.9 Å². The molecule has 3 rings (SSSR count). The molecular formula is C21H23N3O3S. The number of hydrogen-bond donors (Lipinski definition) is 1. The molecule has 1 aromatic carbocycles. The van der Waals surface area contributed by atoms with E-state index in [1.807, 2.05) is 26.8 Å². The number of benzene rings is 1. The van der Waals surface area contributed by atoms with E-state index in [-0.39, 0.29) is 10.7 Å². The quantitative estimate of drug-likeness (QED) is 0.477. The third-order valence-corrected chi connectivity index (χ3v) is 5.00. The molecule has 146 valence electrons. The molecule has 0 bridgehead atoms. The number of aromatic nitrogens is 1. The second-order valence-corrected chi connectivity index (χ2v) is 6.85. The van der Waals surface area contributed by atoms with Crippen LogP contribution in [0.3, 0.4) is 0 Å². The van der Waals surface area contributed by atoms with Gasteiger partial charge in [-0.1, -0.05) is 6.07 Å². The van der Waals surface area contributed by atoms with Gasteiger partial charge in [0.25, 0.3) is 11.8 Å². The van der Waals surface area contributed by atoms with Crippen LogP contribution in [0.1, 0.15) is 30.8 Å². The van der Waals surface area contributed by atoms with Gasteiger partial charge in [0, 0.05) is 24.0 Å². The van der Waals surface area contributed by atoms with Gasteiger partial charge in [-0.15, -0.1) is 0 Å². The summed E-state index contributed by atoms with van der Waals surface area (Å²) in [6, 6.07) is 9.04. The van der Waals surface area contributed by atoms with Gasteiger partial charge in [0.05, 0.1) is 12.3 Å². The van der Waals surface area contributed by atoms with Crippen LogP contribution < -0.4 is 15.0 Å². The van der Waals surface area contributed by atoms with Gasteiger partial charge in [-0.2, -0.15) is 0 Å². The number of rotatable bonds is 5. The molecule has 0 radical (unpaired) electrons. The number of carbonyl (C=O) groups is 2. The molecule has 1 aromatic heterocycles. The molecule has 1 N–H and O–H groups in total. The Morgan fingerprint density at radius 1 is 1.18 bits per heavy atom. The molecule has 1 aliphatic rings. The fourth-order valence-corrected chi connectivity index (χ4v) is 3.67. The molecule has 0 atom stereocenters. The Balaban J connectivity index is 2.02. The van der Waals surface area contributed by atoms with E-state index in [9.17, 15) is 9.59 Å². The summed E-state index contributed by atoms with van der Waals surface area (Å²) in [7, 11) is 0. The van der Waals surface area contributed by atoms with Crippen molar-refractivity contribution in [3.8, 4) is 5.75 Å². The third-order valence-electron chi connectivity index (χ3n) is 4.72. The molecule has 1 fully saturated rings. The average Bonchev–Trinajstić information content (AvgIpc) is 2.92. The van der Waals surface area contributed by atoms with E-state index >= 15 is 0 Å². The van der Waals surface area contributed by atoms with Crippen LogP contribution in [0.4, 0.5) is 5.69 Å². The van der Waals surface area contributed by atoms with E-state index in [4.69, 9.17) is 17.0 Å². The van der Waals surface area contributed by atoms with Crippen LogP contribution in [-0.2, 0) is 16.1 Å². The molecule has 0 unspecified atom stereocenters. The second-order valence-electron chi connectivity index (χ2n) is 6.46. The SMILES string of the molecule is CCOc1cccc(N2C(=O)/C(=C/c3cc(C)n(CC)c3C)C(=O)NC2=S)c1. The summed E-state index contributed by atoms with van der Waals surface area (Å²) in [4.78, 5) is 27.0. The number of thiocarbonyl (C=S) groups is 1.